The maximum Gasteiger partial charge on any atom is 0.274 e. The van der Waals surface area contributed by atoms with E-state index in [1.54, 1.807) is 19.1 Å². The van der Waals surface area contributed by atoms with Gasteiger partial charge >= 0.3 is 0 Å². The maximum absolute atomic E-state index is 12.8. The molecule has 2 bridgehead atoms. The Morgan fingerprint density at radius 1 is 1.38 bits per heavy atom. The quantitative estimate of drug-likeness (QED) is 0.378. The van der Waals surface area contributed by atoms with E-state index in [0.717, 1.165) is 4.90 Å². The molecule has 4 rings (SSSR count). The van der Waals surface area contributed by atoms with Crippen molar-refractivity contribution in [3.05, 3.63) is 46.0 Å². The summed E-state index contributed by atoms with van der Waals surface area (Å²) in [6.45, 7) is 1.19. The minimum absolute atomic E-state index is 0.153. The van der Waals surface area contributed by atoms with E-state index >= 15 is 0 Å². The fourth-order valence-electron chi connectivity index (χ4n) is 3.87. The van der Waals surface area contributed by atoms with Gasteiger partial charge in [0.1, 0.15) is 5.60 Å². The van der Waals surface area contributed by atoms with Gasteiger partial charge in [0.15, 0.2) is 0 Å². The standard InChI is InChI=1S/C16H14N2O6/c1-8-2-3-9(6-10(8)18(22)23)17-14(20)12-11-4-5-16(7-19,24-11)13(12)15(17)21/h2-6,11-13,19H,7H2,1H3/t11-,12+,13-,16+/m0/s1. The first kappa shape index (κ1) is 15.0. The number of rotatable bonds is 3. The van der Waals surface area contributed by atoms with Crippen LogP contribution in [0.3, 0.4) is 0 Å². The number of anilines is 1. The van der Waals surface area contributed by atoms with Crippen molar-refractivity contribution in [2.24, 2.45) is 11.8 Å². The Bertz CT molecular complexity index is 819. The summed E-state index contributed by atoms with van der Waals surface area (Å²) in [5.41, 5.74) is -0.712. The molecule has 0 saturated carbocycles. The molecule has 0 radical (unpaired) electrons. The predicted octanol–water partition coefficient (Wildman–Crippen LogP) is 0.709. The molecule has 2 saturated heterocycles. The van der Waals surface area contributed by atoms with Crippen molar-refractivity contribution in [1.29, 1.82) is 0 Å². The zero-order chi connectivity index (χ0) is 17.2. The molecule has 0 unspecified atom stereocenters. The molecule has 0 aromatic heterocycles. The van der Waals surface area contributed by atoms with Gasteiger partial charge in [-0.1, -0.05) is 18.2 Å². The van der Waals surface area contributed by atoms with E-state index in [1.807, 2.05) is 0 Å². The van der Waals surface area contributed by atoms with Crippen molar-refractivity contribution >= 4 is 23.2 Å². The number of amides is 2. The van der Waals surface area contributed by atoms with Gasteiger partial charge in [-0.05, 0) is 13.0 Å². The third-order valence-corrected chi connectivity index (χ3v) is 5.05. The van der Waals surface area contributed by atoms with Crippen molar-refractivity contribution in [2.75, 3.05) is 11.5 Å². The number of aryl methyl sites for hydroxylation is 1. The topological polar surface area (TPSA) is 110 Å². The van der Waals surface area contributed by atoms with Crippen LogP contribution in [0.1, 0.15) is 5.56 Å². The smallest absolute Gasteiger partial charge is 0.274 e. The molecule has 0 aliphatic carbocycles. The fraction of sp³-hybridized carbons (Fsp3) is 0.375. The van der Waals surface area contributed by atoms with E-state index < -0.39 is 46.9 Å². The number of fused-ring (bicyclic) bond motifs is 5. The van der Waals surface area contributed by atoms with Gasteiger partial charge in [-0.15, -0.1) is 0 Å². The first-order valence-electron chi connectivity index (χ1n) is 7.50. The van der Waals surface area contributed by atoms with E-state index in [-0.39, 0.29) is 11.4 Å². The zero-order valence-corrected chi connectivity index (χ0v) is 12.7. The van der Waals surface area contributed by atoms with Crippen LogP contribution in [0.4, 0.5) is 11.4 Å². The summed E-state index contributed by atoms with van der Waals surface area (Å²) < 4.78 is 5.64. The molecule has 8 nitrogen and oxygen atoms in total. The second-order valence-corrected chi connectivity index (χ2v) is 6.30. The van der Waals surface area contributed by atoms with Crippen molar-refractivity contribution in [3.8, 4) is 0 Å². The van der Waals surface area contributed by atoms with E-state index in [2.05, 4.69) is 0 Å². The van der Waals surface area contributed by atoms with Crippen LogP contribution in [0.25, 0.3) is 0 Å². The highest BCUT2D eigenvalue weighted by atomic mass is 16.6. The van der Waals surface area contributed by atoms with Gasteiger partial charge < -0.3 is 9.84 Å². The Balaban J connectivity index is 1.77. The van der Waals surface area contributed by atoms with Gasteiger partial charge in [0.25, 0.3) is 5.69 Å². The molecule has 4 atom stereocenters. The van der Waals surface area contributed by atoms with E-state index in [1.165, 1.54) is 18.2 Å². The zero-order valence-electron chi connectivity index (χ0n) is 12.7. The Morgan fingerprint density at radius 3 is 2.79 bits per heavy atom. The van der Waals surface area contributed by atoms with Crippen molar-refractivity contribution in [2.45, 2.75) is 18.6 Å². The van der Waals surface area contributed by atoms with Crippen LogP contribution in [0.5, 0.6) is 0 Å². The lowest BCUT2D eigenvalue weighted by atomic mass is 9.77. The molecule has 3 aliphatic rings. The van der Waals surface area contributed by atoms with Crippen LogP contribution in [-0.2, 0) is 14.3 Å². The number of hydrogen-bond donors (Lipinski definition) is 1. The van der Waals surface area contributed by atoms with Crippen molar-refractivity contribution in [3.63, 3.8) is 0 Å². The monoisotopic (exact) mass is 330 g/mol. The molecule has 0 spiro atoms. The fourth-order valence-corrected chi connectivity index (χ4v) is 3.87. The molecule has 8 heteroatoms. The SMILES string of the molecule is Cc1ccc(N2C(=O)[C@@H]3[C@@H]4C=C[C@](CO)(O4)[C@@H]3C2=O)cc1[N+](=O)[O-]. The van der Waals surface area contributed by atoms with E-state index in [0.29, 0.717) is 5.56 Å². The molecule has 124 valence electrons. The largest absolute Gasteiger partial charge is 0.393 e. The molecular weight excluding hydrogens is 316 g/mol. The van der Waals surface area contributed by atoms with Gasteiger partial charge in [0.05, 0.1) is 35.2 Å². The number of carbonyl (C=O) groups is 2. The number of imide groups is 1. The third kappa shape index (κ3) is 1.69. The molecule has 1 aromatic carbocycles. The molecule has 24 heavy (non-hydrogen) atoms. The van der Waals surface area contributed by atoms with Crippen LogP contribution in [0.15, 0.2) is 30.4 Å². The van der Waals surface area contributed by atoms with Gasteiger partial charge in [-0.2, -0.15) is 0 Å². The number of aliphatic hydroxyl groups is 1. The van der Waals surface area contributed by atoms with Crippen molar-refractivity contribution in [1.82, 2.24) is 0 Å². The second kappa shape index (κ2) is 4.71. The molecule has 3 heterocycles. The number of benzene rings is 1. The van der Waals surface area contributed by atoms with Gasteiger partial charge in [-0.25, -0.2) is 4.90 Å². The summed E-state index contributed by atoms with van der Waals surface area (Å²) in [5, 5.41) is 20.8. The Kier molecular flexibility index (Phi) is 2.94. The number of hydrogen-bond acceptors (Lipinski definition) is 6. The Hall–Kier alpha value is -2.58. The molecule has 3 aliphatic heterocycles. The summed E-state index contributed by atoms with van der Waals surface area (Å²) in [5.74, 6) is -2.45. The number of aliphatic hydroxyl groups excluding tert-OH is 1. The van der Waals surface area contributed by atoms with Gasteiger partial charge in [0.2, 0.25) is 11.8 Å². The summed E-state index contributed by atoms with van der Waals surface area (Å²) in [7, 11) is 0. The van der Waals surface area contributed by atoms with Gasteiger partial charge in [0, 0.05) is 11.6 Å². The van der Waals surface area contributed by atoms with Crippen LogP contribution in [-0.4, -0.2) is 40.2 Å². The number of nitrogens with zero attached hydrogens (tertiary/aromatic N) is 2. The second-order valence-electron chi connectivity index (χ2n) is 6.30. The highest BCUT2D eigenvalue weighted by molar-refractivity contribution is 6.23. The lowest BCUT2D eigenvalue weighted by molar-refractivity contribution is -0.385. The van der Waals surface area contributed by atoms with Crippen LogP contribution < -0.4 is 4.90 Å². The lowest BCUT2D eigenvalue weighted by Gasteiger charge is -2.26. The molecule has 1 N–H and O–H groups in total. The summed E-state index contributed by atoms with van der Waals surface area (Å²) in [4.78, 5) is 37.1. The van der Waals surface area contributed by atoms with Crippen LogP contribution in [0.2, 0.25) is 0 Å². The first-order chi connectivity index (χ1) is 11.4. The number of nitro groups is 1. The van der Waals surface area contributed by atoms with Crippen LogP contribution >= 0.6 is 0 Å². The first-order valence-corrected chi connectivity index (χ1v) is 7.50. The van der Waals surface area contributed by atoms with Gasteiger partial charge in [-0.3, -0.25) is 19.7 Å². The average molecular weight is 330 g/mol. The summed E-state index contributed by atoms with van der Waals surface area (Å²) in [6.07, 6.45) is 2.76. The Morgan fingerprint density at radius 2 is 2.12 bits per heavy atom. The Labute approximate surface area is 136 Å². The summed E-state index contributed by atoms with van der Waals surface area (Å²) in [6, 6.07) is 4.25. The maximum atomic E-state index is 12.8. The van der Waals surface area contributed by atoms with Crippen LogP contribution in [0, 0.1) is 28.9 Å². The highest BCUT2D eigenvalue weighted by Gasteiger charge is 2.67. The average Bonchev–Trinajstić information content (AvgIpc) is 3.19. The third-order valence-electron chi connectivity index (χ3n) is 5.05. The minimum Gasteiger partial charge on any atom is -0.393 e. The highest BCUT2D eigenvalue weighted by Crippen LogP contribution is 2.52. The predicted molar refractivity (Wildman–Crippen MR) is 81.1 cm³/mol. The number of nitro benzene ring substituents is 1. The van der Waals surface area contributed by atoms with E-state index in [4.69, 9.17) is 4.74 Å². The number of carbonyl (C=O) groups excluding carboxylic acids is 2. The lowest BCUT2D eigenvalue weighted by Crippen LogP contribution is -2.43. The minimum atomic E-state index is -1.17. The molecule has 2 amide bonds. The molecular formula is C16H14N2O6. The molecule has 1 aromatic rings. The normalized spacial score (nSPS) is 33.4. The number of ether oxygens (including phenoxy) is 1. The summed E-state index contributed by atoms with van der Waals surface area (Å²) >= 11 is 0. The molecule has 2 fully saturated rings. The van der Waals surface area contributed by atoms with E-state index in [9.17, 15) is 24.8 Å². The van der Waals surface area contributed by atoms with Crippen molar-refractivity contribution < 1.29 is 24.4 Å².